The smallest absolute Gasteiger partial charge is 0.270 e. The molecule has 0 aliphatic heterocycles. The highest BCUT2D eigenvalue weighted by Crippen LogP contribution is 2.13. The van der Waals surface area contributed by atoms with Gasteiger partial charge in [-0.05, 0) is 29.8 Å². The van der Waals surface area contributed by atoms with Crippen molar-refractivity contribution >= 4 is 22.6 Å². The number of fused-ring (bicyclic) bond motifs is 1. The molecule has 0 aliphatic rings. The van der Waals surface area contributed by atoms with E-state index >= 15 is 0 Å². The second kappa shape index (κ2) is 4.86. The van der Waals surface area contributed by atoms with E-state index in [9.17, 15) is 4.79 Å². The maximum absolute atomic E-state index is 12.0. The molecular formula is C15H11ClN2O. The number of halogens is 1. The molecule has 0 atom stereocenters. The SMILES string of the molecule is O=c1[nH]c2ccccc2nc1Cc1cccc(Cl)c1. The van der Waals surface area contributed by atoms with Crippen LogP contribution < -0.4 is 5.56 Å². The van der Waals surface area contributed by atoms with Crippen LogP contribution in [0.5, 0.6) is 0 Å². The van der Waals surface area contributed by atoms with Crippen LogP contribution in [-0.2, 0) is 6.42 Å². The van der Waals surface area contributed by atoms with Crippen LogP contribution in [-0.4, -0.2) is 9.97 Å². The lowest BCUT2D eigenvalue weighted by molar-refractivity contribution is 1.03. The molecule has 0 saturated carbocycles. The third-order valence-electron chi connectivity index (χ3n) is 2.93. The van der Waals surface area contributed by atoms with Gasteiger partial charge in [0.1, 0.15) is 5.69 Å². The normalized spacial score (nSPS) is 10.8. The number of rotatable bonds is 2. The number of hydrogen-bond donors (Lipinski definition) is 1. The van der Waals surface area contributed by atoms with Crippen LogP contribution in [0.3, 0.4) is 0 Å². The minimum Gasteiger partial charge on any atom is -0.319 e. The highest BCUT2D eigenvalue weighted by Gasteiger charge is 2.06. The maximum atomic E-state index is 12.0. The van der Waals surface area contributed by atoms with E-state index in [4.69, 9.17) is 11.6 Å². The van der Waals surface area contributed by atoms with Crippen molar-refractivity contribution in [1.82, 2.24) is 9.97 Å². The van der Waals surface area contributed by atoms with Gasteiger partial charge in [0.05, 0.1) is 11.0 Å². The maximum Gasteiger partial charge on any atom is 0.270 e. The molecule has 0 spiro atoms. The number of H-pyrrole nitrogens is 1. The molecular weight excluding hydrogens is 260 g/mol. The van der Waals surface area contributed by atoms with Crippen LogP contribution in [0.15, 0.2) is 53.3 Å². The first kappa shape index (κ1) is 11.9. The van der Waals surface area contributed by atoms with Crippen molar-refractivity contribution in [1.29, 1.82) is 0 Å². The fraction of sp³-hybridized carbons (Fsp3) is 0.0667. The minimum absolute atomic E-state index is 0.154. The summed E-state index contributed by atoms with van der Waals surface area (Å²) < 4.78 is 0. The molecule has 0 radical (unpaired) electrons. The van der Waals surface area contributed by atoms with Crippen LogP contribution in [0.25, 0.3) is 11.0 Å². The first-order chi connectivity index (χ1) is 9.22. The lowest BCUT2D eigenvalue weighted by Gasteiger charge is -2.03. The van der Waals surface area contributed by atoms with Gasteiger partial charge in [-0.15, -0.1) is 0 Å². The van der Waals surface area contributed by atoms with Crippen molar-refractivity contribution in [3.05, 3.63) is 75.2 Å². The summed E-state index contributed by atoms with van der Waals surface area (Å²) in [4.78, 5) is 19.2. The van der Waals surface area contributed by atoms with E-state index in [1.807, 2.05) is 48.5 Å². The number of hydrogen-bond acceptors (Lipinski definition) is 2. The van der Waals surface area contributed by atoms with Crippen molar-refractivity contribution in [2.75, 3.05) is 0 Å². The van der Waals surface area contributed by atoms with E-state index < -0.39 is 0 Å². The number of nitrogens with zero attached hydrogens (tertiary/aromatic N) is 1. The molecule has 4 heteroatoms. The molecule has 0 saturated heterocycles. The first-order valence-corrected chi connectivity index (χ1v) is 6.32. The predicted molar refractivity (Wildman–Crippen MR) is 76.6 cm³/mol. The van der Waals surface area contributed by atoms with E-state index in [1.165, 1.54) is 0 Å². The van der Waals surface area contributed by atoms with Gasteiger partial charge in [0.15, 0.2) is 0 Å². The summed E-state index contributed by atoms with van der Waals surface area (Å²) in [7, 11) is 0. The number of para-hydroxylation sites is 2. The Labute approximate surface area is 114 Å². The number of aromatic amines is 1. The van der Waals surface area contributed by atoms with Crippen molar-refractivity contribution < 1.29 is 0 Å². The van der Waals surface area contributed by atoms with Gasteiger partial charge in [-0.1, -0.05) is 35.9 Å². The standard InChI is InChI=1S/C15H11ClN2O/c16-11-5-3-4-10(8-11)9-14-15(19)18-13-7-2-1-6-12(13)17-14/h1-8H,9H2,(H,18,19). The molecule has 0 fully saturated rings. The fourth-order valence-corrected chi connectivity index (χ4v) is 2.24. The zero-order valence-corrected chi connectivity index (χ0v) is 10.8. The zero-order chi connectivity index (χ0) is 13.2. The Morgan fingerprint density at radius 3 is 2.79 bits per heavy atom. The monoisotopic (exact) mass is 270 g/mol. The molecule has 0 aliphatic carbocycles. The summed E-state index contributed by atoms with van der Waals surface area (Å²) >= 11 is 5.94. The van der Waals surface area contributed by atoms with Crippen molar-refractivity contribution in [2.24, 2.45) is 0 Å². The van der Waals surface area contributed by atoms with Gasteiger partial charge in [-0.25, -0.2) is 4.98 Å². The first-order valence-electron chi connectivity index (χ1n) is 5.95. The fourth-order valence-electron chi connectivity index (χ4n) is 2.03. The van der Waals surface area contributed by atoms with Gasteiger partial charge >= 0.3 is 0 Å². The molecule has 94 valence electrons. The second-order valence-electron chi connectivity index (χ2n) is 4.34. The Morgan fingerprint density at radius 1 is 1.11 bits per heavy atom. The highest BCUT2D eigenvalue weighted by atomic mass is 35.5. The van der Waals surface area contributed by atoms with Crippen LogP contribution in [0, 0.1) is 0 Å². The Bertz CT molecular complexity index is 795. The summed E-state index contributed by atoms with van der Waals surface area (Å²) in [6.07, 6.45) is 0.473. The Hall–Kier alpha value is -2.13. The summed E-state index contributed by atoms with van der Waals surface area (Å²) in [5.74, 6) is 0. The van der Waals surface area contributed by atoms with Gasteiger partial charge in [0, 0.05) is 11.4 Å². The van der Waals surface area contributed by atoms with Crippen molar-refractivity contribution in [3.8, 4) is 0 Å². The van der Waals surface area contributed by atoms with Crippen molar-refractivity contribution in [3.63, 3.8) is 0 Å². The van der Waals surface area contributed by atoms with Crippen LogP contribution >= 0.6 is 11.6 Å². The Morgan fingerprint density at radius 2 is 1.95 bits per heavy atom. The molecule has 3 aromatic rings. The number of aromatic nitrogens is 2. The average Bonchev–Trinajstić information content (AvgIpc) is 2.40. The van der Waals surface area contributed by atoms with E-state index in [0.717, 1.165) is 16.6 Å². The summed E-state index contributed by atoms with van der Waals surface area (Å²) in [5.41, 5.74) is 2.86. The predicted octanol–water partition coefficient (Wildman–Crippen LogP) is 3.17. The van der Waals surface area contributed by atoms with Gasteiger partial charge in [0.2, 0.25) is 0 Å². The molecule has 0 amide bonds. The van der Waals surface area contributed by atoms with Gasteiger partial charge < -0.3 is 4.98 Å². The topological polar surface area (TPSA) is 45.8 Å². The summed E-state index contributed by atoms with van der Waals surface area (Å²) in [5, 5.41) is 0.662. The third kappa shape index (κ3) is 2.51. The third-order valence-corrected chi connectivity index (χ3v) is 3.17. The van der Waals surface area contributed by atoms with Crippen LogP contribution in [0.2, 0.25) is 5.02 Å². The van der Waals surface area contributed by atoms with Gasteiger partial charge in [0.25, 0.3) is 5.56 Å². The Kier molecular flexibility index (Phi) is 3.05. The zero-order valence-electron chi connectivity index (χ0n) is 10.1. The molecule has 0 unspecified atom stereocenters. The summed E-state index contributed by atoms with van der Waals surface area (Å²) in [6.45, 7) is 0. The van der Waals surface area contributed by atoms with Crippen molar-refractivity contribution in [2.45, 2.75) is 6.42 Å². The quantitative estimate of drug-likeness (QED) is 0.777. The van der Waals surface area contributed by atoms with Gasteiger partial charge in [-0.2, -0.15) is 0 Å². The van der Waals surface area contributed by atoms with E-state index in [-0.39, 0.29) is 5.56 Å². The minimum atomic E-state index is -0.154. The lowest BCUT2D eigenvalue weighted by atomic mass is 10.1. The Balaban J connectivity index is 2.05. The van der Waals surface area contributed by atoms with Crippen LogP contribution in [0.1, 0.15) is 11.3 Å². The second-order valence-corrected chi connectivity index (χ2v) is 4.77. The average molecular weight is 271 g/mol. The lowest BCUT2D eigenvalue weighted by Crippen LogP contribution is -2.15. The van der Waals surface area contributed by atoms with Crippen LogP contribution in [0.4, 0.5) is 0 Å². The number of benzene rings is 2. The molecule has 3 nitrogen and oxygen atoms in total. The molecule has 1 aromatic heterocycles. The van der Waals surface area contributed by atoms with E-state index in [2.05, 4.69) is 9.97 Å². The summed E-state index contributed by atoms with van der Waals surface area (Å²) in [6, 6.07) is 14.9. The highest BCUT2D eigenvalue weighted by molar-refractivity contribution is 6.30. The molecule has 3 rings (SSSR count). The molecule has 19 heavy (non-hydrogen) atoms. The molecule has 2 aromatic carbocycles. The largest absolute Gasteiger partial charge is 0.319 e. The molecule has 1 heterocycles. The van der Waals surface area contributed by atoms with E-state index in [1.54, 1.807) is 0 Å². The molecule has 0 bridgehead atoms. The number of nitrogens with one attached hydrogen (secondary N) is 1. The van der Waals surface area contributed by atoms with Gasteiger partial charge in [-0.3, -0.25) is 4.79 Å². The molecule has 1 N–H and O–H groups in total. The van der Waals surface area contributed by atoms with E-state index in [0.29, 0.717) is 17.1 Å².